The van der Waals surface area contributed by atoms with Crippen LogP contribution in [-0.4, -0.2) is 40.9 Å². The number of hydrogen-bond donors (Lipinski definition) is 0. The van der Waals surface area contributed by atoms with E-state index < -0.39 is 5.60 Å². The minimum Gasteiger partial charge on any atom is -0.444 e. The molecule has 2 aliphatic heterocycles. The maximum absolute atomic E-state index is 12.1. The van der Waals surface area contributed by atoms with Crippen LogP contribution in [0.5, 0.6) is 0 Å². The number of amides is 1. The van der Waals surface area contributed by atoms with E-state index in [1.165, 1.54) is 0 Å². The van der Waals surface area contributed by atoms with Crippen LogP contribution in [0.4, 0.5) is 4.79 Å². The van der Waals surface area contributed by atoms with Gasteiger partial charge in [-0.1, -0.05) is 13.8 Å². The molecule has 2 saturated heterocycles. The van der Waals surface area contributed by atoms with E-state index in [0.29, 0.717) is 12.5 Å². The third-order valence-electron chi connectivity index (χ3n) is 3.96. The fraction of sp³-hybridized carbons (Fsp3) is 0.929. The van der Waals surface area contributed by atoms with E-state index in [4.69, 9.17) is 9.47 Å². The Bertz CT molecular complexity index is 347. The summed E-state index contributed by atoms with van der Waals surface area (Å²) in [6, 6.07) is 0.181. The van der Waals surface area contributed by atoms with Crippen molar-refractivity contribution >= 4 is 6.09 Å². The first kappa shape index (κ1) is 13.7. The number of carbonyl (C=O) groups excluding carboxylic acids is 1. The Morgan fingerprint density at radius 2 is 2.06 bits per heavy atom. The van der Waals surface area contributed by atoms with Crippen LogP contribution in [0, 0.1) is 5.92 Å². The quantitative estimate of drug-likeness (QED) is 0.677. The van der Waals surface area contributed by atoms with E-state index >= 15 is 0 Å². The Balaban J connectivity index is 2.00. The van der Waals surface area contributed by atoms with Crippen LogP contribution in [0.15, 0.2) is 0 Å². The van der Waals surface area contributed by atoms with Gasteiger partial charge in [0.1, 0.15) is 17.3 Å². The molecule has 1 amide bonds. The van der Waals surface area contributed by atoms with Gasteiger partial charge in [-0.25, -0.2) is 4.79 Å². The average molecular weight is 255 g/mol. The highest BCUT2D eigenvalue weighted by molar-refractivity contribution is 5.69. The van der Waals surface area contributed by atoms with Crippen LogP contribution in [0.25, 0.3) is 0 Å². The first-order valence-corrected chi connectivity index (χ1v) is 6.83. The highest BCUT2D eigenvalue weighted by Gasteiger charge is 2.63. The molecule has 104 valence electrons. The van der Waals surface area contributed by atoms with E-state index in [1.807, 2.05) is 25.7 Å². The first-order chi connectivity index (χ1) is 8.16. The van der Waals surface area contributed by atoms with Gasteiger partial charge in [-0.2, -0.15) is 0 Å². The van der Waals surface area contributed by atoms with Crippen LogP contribution < -0.4 is 0 Å². The summed E-state index contributed by atoms with van der Waals surface area (Å²) >= 11 is 0. The third kappa shape index (κ3) is 2.35. The Morgan fingerprint density at radius 1 is 1.44 bits per heavy atom. The van der Waals surface area contributed by atoms with Gasteiger partial charge >= 0.3 is 6.09 Å². The van der Waals surface area contributed by atoms with Gasteiger partial charge in [-0.3, -0.25) is 0 Å². The molecule has 0 spiro atoms. The molecule has 0 aromatic rings. The highest BCUT2D eigenvalue weighted by atomic mass is 16.6. The maximum Gasteiger partial charge on any atom is 0.410 e. The summed E-state index contributed by atoms with van der Waals surface area (Å²) in [6.07, 6.45) is 0.887. The summed E-state index contributed by atoms with van der Waals surface area (Å²) in [6.45, 7) is 12.8. The molecule has 0 saturated carbocycles. The molecule has 18 heavy (non-hydrogen) atoms. The summed E-state index contributed by atoms with van der Waals surface area (Å²) in [4.78, 5) is 13.9. The minimum absolute atomic E-state index is 0.0118. The number of piperidine rings is 1. The zero-order valence-electron chi connectivity index (χ0n) is 12.3. The summed E-state index contributed by atoms with van der Waals surface area (Å²) in [7, 11) is 0. The summed E-state index contributed by atoms with van der Waals surface area (Å²) < 4.78 is 11.3. The summed E-state index contributed by atoms with van der Waals surface area (Å²) in [5.74, 6) is 0.505. The molecule has 2 aliphatic rings. The standard InChI is InChI=1S/C14H25NO3/c1-9(2)14-7-10(3)15(8-11(14)17-14)12(16)18-13(4,5)6/h9-11H,7-8H2,1-6H3. The van der Waals surface area contributed by atoms with Crippen LogP contribution in [-0.2, 0) is 9.47 Å². The molecule has 0 aromatic heterocycles. The van der Waals surface area contributed by atoms with Gasteiger partial charge in [0.05, 0.1) is 6.54 Å². The lowest BCUT2D eigenvalue weighted by molar-refractivity contribution is 0.0109. The minimum atomic E-state index is -0.437. The molecule has 2 rings (SSSR count). The fourth-order valence-corrected chi connectivity index (χ4v) is 2.85. The number of nitrogens with zero attached hydrogens (tertiary/aromatic N) is 1. The second-order valence-corrected chi connectivity index (χ2v) is 6.90. The molecule has 2 fully saturated rings. The lowest BCUT2D eigenvalue weighted by atomic mass is 9.83. The number of carbonyl (C=O) groups is 1. The van der Waals surface area contributed by atoms with Gasteiger partial charge in [0, 0.05) is 6.04 Å². The molecule has 4 nitrogen and oxygen atoms in total. The van der Waals surface area contributed by atoms with Crippen molar-refractivity contribution in [3.05, 3.63) is 0 Å². The second kappa shape index (κ2) is 4.12. The number of epoxide rings is 1. The predicted molar refractivity (Wildman–Crippen MR) is 69.5 cm³/mol. The van der Waals surface area contributed by atoms with Crippen LogP contribution in [0.1, 0.15) is 48.0 Å². The van der Waals surface area contributed by atoms with Gasteiger partial charge in [-0.15, -0.1) is 0 Å². The Hall–Kier alpha value is -0.770. The third-order valence-corrected chi connectivity index (χ3v) is 3.96. The molecule has 4 heteroatoms. The van der Waals surface area contributed by atoms with Crippen molar-refractivity contribution in [2.75, 3.05) is 6.54 Å². The van der Waals surface area contributed by atoms with E-state index in [-0.39, 0.29) is 23.8 Å². The van der Waals surface area contributed by atoms with E-state index in [0.717, 1.165) is 6.42 Å². The van der Waals surface area contributed by atoms with E-state index in [2.05, 4.69) is 20.8 Å². The van der Waals surface area contributed by atoms with Gasteiger partial charge in [0.2, 0.25) is 0 Å². The smallest absolute Gasteiger partial charge is 0.410 e. The van der Waals surface area contributed by atoms with Crippen molar-refractivity contribution in [3.8, 4) is 0 Å². The molecular formula is C14H25NO3. The summed E-state index contributed by atoms with van der Waals surface area (Å²) in [5, 5.41) is 0. The van der Waals surface area contributed by atoms with Crippen LogP contribution in [0.2, 0.25) is 0 Å². The monoisotopic (exact) mass is 255 g/mol. The van der Waals surface area contributed by atoms with Crippen molar-refractivity contribution in [2.45, 2.75) is 71.3 Å². The van der Waals surface area contributed by atoms with Gasteiger partial charge in [0.25, 0.3) is 0 Å². The number of rotatable bonds is 1. The molecule has 0 bridgehead atoms. The SMILES string of the molecule is CC1CC2(C(C)C)OC2CN1C(=O)OC(C)(C)C. The van der Waals surface area contributed by atoms with Crippen molar-refractivity contribution in [1.82, 2.24) is 4.90 Å². The average Bonchev–Trinajstić information content (AvgIpc) is 2.88. The Kier molecular flexibility index (Phi) is 3.13. The lowest BCUT2D eigenvalue weighted by Crippen LogP contribution is -2.51. The zero-order valence-corrected chi connectivity index (χ0v) is 12.3. The molecule has 3 unspecified atom stereocenters. The van der Waals surface area contributed by atoms with Crippen molar-refractivity contribution in [2.24, 2.45) is 5.92 Å². The lowest BCUT2D eigenvalue weighted by Gasteiger charge is -2.36. The molecule has 0 N–H and O–H groups in total. The zero-order chi connectivity index (χ0) is 13.7. The normalized spacial score (nSPS) is 35.4. The molecule has 2 heterocycles. The highest BCUT2D eigenvalue weighted by Crippen LogP contribution is 2.50. The Labute approximate surface area is 110 Å². The molecule has 0 aliphatic carbocycles. The van der Waals surface area contributed by atoms with E-state index in [9.17, 15) is 4.79 Å². The van der Waals surface area contributed by atoms with Gasteiger partial charge < -0.3 is 14.4 Å². The summed E-state index contributed by atoms with van der Waals surface area (Å²) in [5.41, 5.74) is -0.425. The van der Waals surface area contributed by atoms with Crippen molar-refractivity contribution in [1.29, 1.82) is 0 Å². The molecule has 0 aromatic carbocycles. The molecule has 0 radical (unpaired) electrons. The van der Waals surface area contributed by atoms with Crippen LogP contribution in [0.3, 0.4) is 0 Å². The number of fused-ring (bicyclic) bond motifs is 1. The van der Waals surface area contributed by atoms with Crippen molar-refractivity contribution < 1.29 is 14.3 Å². The van der Waals surface area contributed by atoms with Gasteiger partial charge in [0.15, 0.2) is 0 Å². The largest absolute Gasteiger partial charge is 0.444 e. The maximum atomic E-state index is 12.1. The molecule has 3 atom stereocenters. The molecular weight excluding hydrogens is 230 g/mol. The second-order valence-electron chi connectivity index (χ2n) is 6.90. The number of likely N-dealkylation sites (tertiary alicyclic amines) is 1. The van der Waals surface area contributed by atoms with E-state index in [1.54, 1.807) is 0 Å². The van der Waals surface area contributed by atoms with Crippen LogP contribution >= 0.6 is 0 Å². The first-order valence-electron chi connectivity index (χ1n) is 6.83. The number of hydrogen-bond acceptors (Lipinski definition) is 3. The van der Waals surface area contributed by atoms with Gasteiger partial charge in [-0.05, 0) is 40.0 Å². The fourth-order valence-electron chi connectivity index (χ4n) is 2.85. The van der Waals surface area contributed by atoms with Crippen molar-refractivity contribution in [3.63, 3.8) is 0 Å². The number of ether oxygens (including phenoxy) is 2. The Morgan fingerprint density at radius 3 is 2.56 bits per heavy atom. The topological polar surface area (TPSA) is 42.1 Å². The predicted octanol–water partition coefficient (Wildman–Crippen LogP) is 2.81.